The van der Waals surface area contributed by atoms with Crippen molar-refractivity contribution in [3.63, 3.8) is 0 Å². The number of ether oxygens (including phenoxy) is 1. The van der Waals surface area contributed by atoms with E-state index in [1.54, 1.807) is 0 Å². The molecule has 2 heterocycles. The molecule has 3 fully saturated rings. The van der Waals surface area contributed by atoms with E-state index in [-0.39, 0.29) is 12.0 Å². The summed E-state index contributed by atoms with van der Waals surface area (Å²) in [5.41, 5.74) is 0.680. The molecule has 26 heavy (non-hydrogen) atoms. The van der Waals surface area contributed by atoms with Gasteiger partial charge in [0.15, 0.2) is 0 Å². The Morgan fingerprint density at radius 2 is 1.77 bits per heavy atom. The largest absolute Gasteiger partial charge is 0.490 e. The lowest BCUT2D eigenvalue weighted by Crippen LogP contribution is -2.42. The molecule has 6 heteroatoms. The van der Waals surface area contributed by atoms with Crippen LogP contribution in [0.2, 0.25) is 0 Å². The molecule has 0 radical (unpaired) electrons. The summed E-state index contributed by atoms with van der Waals surface area (Å²) in [6.07, 6.45) is 5.08. The number of carbonyl (C=O) groups excluding carboxylic acids is 2. The van der Waals surface area contributed by atoms with Gasteiger partial charge in [-0.05, 0) is 49.3 Å². The second-order valence-electron chi connectivity index (χ2n) is 7.48. The maximum Gasteiger partial charge on any atom is 0.251 e. The zero-order valence-electron chi connectivity index (χ0n) is 15.0. The van der Waals surface area contributed by atoms with Crippen molar-refractivity contribution in [1.82, 2.24) is 10.2 Å². The number of amides is 2. The van der Waals surface area contributed by atoms with Gasteiger partial charge in [-0.1, -0.05) is 0 Å². The summed E-state index contributed by atoms with van der Waals surface area (Å²) in [4.78, 5) is 26.4. The van der Waals surface area contributed by atoms with Gasteiger partial charge in [-0.3, -0.25) is 9.59 Å². The molecule has 1 aromatic rings. The van der Waals surface area contributed by atoms with Crippen LogP contribution >= 0.6 is 11.8 Å². The third-order valence-electron chi connectivity index (χ3n) is 5.36. The van der Waals surface area contributed by atoms with Crippen LogP contribution in [0.15, 0.2) is 24.3 Å². The lowest BCUT2D eigenvalue weighted by molar-refractivity contribution is -0.134. The number of rotatable bonds is 5. The van der Waals surface area contributed by atoms with E-state index in [4.69, 9.17) is 4.74 Å². The van der Waals surface area contributed by atoms with Crippen LogP contribution in [-0.4, -0.2) is 53.5 Å². The van der Waals surface area contributed by atoms with Gasteiger partial charge in [0.2, 0.25) is 5.91 Å². The molecule has 140 valence electrons. The molecule has 0 unspecified atom stereocenters. The number of piperidine rings is 1. The maximum atomic E-state index is 12.3. The minimum Gasteiger partial charge on any atom is -0.490 e. The number of thioether (sulfide) groups is 1. The van der Waals surface area contributed by atoms with Crippen molar-refractivity contribution in [3.8, 4) is 5.75 Å². The lowest BCUT2D eigenvalue weighted by atomic mass is 10.1. The zero-order valence-corrected chi connectivity index (χ0v) is 15.8. The summed E-state index contributed by atoms with van der Waals surface area (Å²) in [5.74, 6) is 3.56. The fourth-order valence-electron chi connectivity index (χ4n) is 3.58. The normalized spacial score (nSPS) is 23.7. The van der Waals surface area contributed by atoms with Gasteiger partial charge in [-0.15, -0.1) is 0 Å². The van der Waals surface area contributed by atoms with Crippen LogP contribution < -0.4 is 10.1 Å². The van der Waals surface area contributed by atoms with Crippen molar-refractivity contribution in [2.24, 2.45) is 5.92 Å². The number of hydrogen-bond donors (Lipinski definition) is 1. The lowest BCUT2D eigenvalue weighted by Gasteiger charge is -2.32. The Balaban J connectivity index is 1.25. The second kappa shape index (κ2) is 7.91. The minimum absolute atomic E-state index is 0.00375. The fraction of sp³-hybridized carbons (Fsp3) is 0.600. The van der Waals surface area contributed by atoms with Crippen LogP contribution in [0, 0.1) is 5.92 Å². The third kappa shape index (κ3) is 4.34. The van der Waals surface area contributed by atoms with Gasteiger partial charge >= 0.3 is 0 Å². The smallest absolute Gasteiger partial charge is 0.251 e. The highest BCUT2D eigenvalue weighted by Crippen LogP contribution is 2.32. The van der Waals surface area contributed by atoms with Crippen LogP contribution in [-0.2, 0) is 4.79 Å². The molecule has 1 aromatic carbocycles. The number of benzene rings is 1. The molecule has 2 saturated heterocycles. The number of nitrogens with one attached hydrogen (secondary N) is 1. The van der Waals surface area contributed by atoms with E-state index >= 15 is 0 Å². The molecule has 2 aliphatic heterocycles. The quantitative estimate of drug-likeness (QED) is 0.861. The van der Waals surface area contributed by atoms with Crippen molar-refractivity contribution < 1.29 is 14.3 Å². The van der Waals surface area contributed by atoms with Gasteiger partial charge in [0, 0.05) is 49.2 Å². The van der Waals surface area contributed by atoms with Gasteiger partial charge in [0.05, 0.1) is 0 Å². The van der Waals surface area contributed by atoms with Gasteiger partial charge in [0.25, 0.3) is 5.91 Å². The van der Waals surface area contributed by atoms with Crippen LogP contribution in [0.1, 0.15) is 42.5 Å². The van der Waals surface area contributed by atoms with Crippen LogP contribution in [0.4, 0.5) is 0 Å². The number of nitrogens with zero attached hydrogens (tertiary/aromatic N) is 1. The molecular weight excluding hydrogens is 348 g/mol. The molecule has 3 aliphatic rings. The molecular formula is C20H26N2O3S. The average molecular weight is 375 g/mol. The monoisotopic (exact) mass is 374 g/mol. The molecule has 0 spiro atoms. The van der Waals surface area contributed by atoms with Gasteiger partial charge in [0.1, 0.15) is 11.9 Å². The molecule has 0 aromatic heterocycles. The molecule has 1 atom stereocenters. The van der Waals surface area contributed by atoms with Crippen molar-refractivity contribution >= 4 is 23.6 Å². The second-order valence-corrected chi connectivity index (χ2v) is 8.62. The van der Waals surface area contributed by atoms with E-state index in [0.29, 0.717) is 23.4 Å². The molecule has 0 bridgehead atoms. The topological polar surface area (TPSA) is 58.6 Å². The van der Waals surface area contributed by atoms with Gasteiger partial charge < -0.3 is 15.0 Å². The Morgan fingerprint density at radius 3 is 2.38 bits per heavy atom. The number of likely N-dealkylation sites (tertiary alicyclic amines) is 1. The first-order chi connectivity index (χ1) is 12.7. The number of carbonyl (C=O) groups is 2. The number of hydrogen-bond acceptors (Lipinski definition) is 4. The van der Waals surface area contributed by atoms with E-state index in [9.17, 15) is 9.59 Å². The summed E-state index contributed by atoms with van der Waals surface area (Å²) in [6, 6.07) is 7.71. The Bertz CT molecular complexity index is 646. The molecule has 1 aliphatic carbocycles. The Hall–Kier alpha value is -1.69. The van der Waals surface area contributed by atoms with Crippen molar-refractivity contribution in [3.05, 3.63) is 29.8 Å². The summed E-state index contributed by atoms with van der Waals surface area (Å²) in [7, 11) is 0. The van der Waals surface area contributed by atoms with E-state index < -0.39 is 0 Å². The van der Waals surface area contributed by atoms with E-state index in [1.807, 2.05) is 40.9 Å². The summed E-state index contributed by atoms with van der Waals surface area (Å²) in [5, 5.41) is 3.09. The van der Waals surface area contributed by atoms with Crippen LogP contribution in [0.5, 0.6) is 5.75 Å². The van der Waals surface area contributed by atoms with Gasteiger partial charge in [-0.25, -0.2) is 0 Å². The van der Waals surface area contributed by atoms with Crippen molar-refractivity contribution in [1.29, 1.82) is 0 Å². The van der Waals surface area contributed by atoms with E-state index in [0.717, 1.165) is 62.4 Å². The fourth-order valence-corrected chi connectivity index (χ4v) is 4.73. The van der Waals surface area contributed by atoms with Crippen molar-refractivity contribution in [2.45, 2.75) is 44.2 Å². The zero-order chi connectivity index (χ0) is 17.9. The third-order valence-corrected chi connectivity index (χ3v) is 6.53. The predicted molar refractivity (Wildman–Crippen MR) is 103 cm³/mol. The van der Waals surface area contributed by atoms with Crippen LogP contribution in [0.25, 0.3) is 0 Å². The maximum absolute atomic E-state index is 12.3. The summed E-state index contributed by atoms with van der Waals surface area (Å²) in [6.45, 7) is 1.58. The van der Waals surface area contributed by atoms with E-state index in [1.165, 1.54) is 0 Å². The summed E-state index contributed by atoms with van der Waals surface area (Å²) < 4.78 is 6.05. The Kier molecular flexibility index (Phi) is 5.38. The molecule has 1 saturated carbocycles. The van der Waals surface area contributed by atoms with Gasteiger partial charge in [-0.2, -0.15) is 11.8 Å². The molecule has 2 amide bonds. The SMILES string of the molecule is O=C(N[C@@H]1CCSC1)c1ccc(OC2CCN(C(=O)C3CC3)CC2)cc1. The standard InChI is InChI=1S/C20H26N2O3S/c23-19(21-16-9-12-26-13-16)14-3-5-17(6-4-14)25-18-7-10-22(11-8-18)20(24)15-1-2-15/h3-6,15-16,18H,1-2,7-13H2,(H,21,23)/t16-/m1/s1. The molecule has 5 nitrogen and oxygen atoms in total. The first-order valence-corrected chi connectivity index (χ1v) is 10.8. The molecule has 1 N–H and O–H groups in total. The van der Waals surface area contributed by atoms with E-state index in [2.05, 4.69) is 5.32 Å². The first kappa shape index (κ1) is 17.7. The predicted octanol–water partition coefficient (Wildman–Crippen LogP) is 2.70. The van der Waals surface area contributed by atoms with Crippen molar-refractivity contribution in [2.75, 3.05) is 24.6 Å². The molecule has 4 rings (SSSR count). The highest BCUT2D eigenvalue weighted by molar-refractivity contribution is 7.99. The average Bonchev–Trinajstić information content (AvgIpc) is 3.40. The first-order valence-electron chi connectivity index (χ1n) is 9.63. The van der Waals surface area contributed by atoms with Crippen LogP contribution in [0.3, 0.4) is 0 Å². The minimum atomic E-state index is -0.00375. The Morgan fingerprint density at radius 1 is 1.04 bits per heavy atom. The summed E-state index contributed by atoms with van der Waals surface area (Å²) >= 11 is 1.89. The highest BCUT2D eigenvalue weighted by Gasteiger charge is 2.35. The Labute approximate surface area is 158 Å². The highest BCUT2D eigenvalue weighted by atomic mass is 32.2.